The van der Waals surface area contributed by atoms with Crippen molar-refractivity contribution >= 4 is 23.1 Å². The molecule has 0 aliphatic heterocycles. The number of thioether (sulfide) groups is 1. The molecule has 1 N–H and O–H groups in total. The maximum atomic E-state index is 9.32. The zero-order chi connectivity index (χ0) is 14.7. The molecular weight excluding hydrogens is 306 g/mol. The number of thiazole rings is 1. The fourth-order valence-corrected chi connectivity index (χ4v) is 3.29. The summed E-state index contributed by atoms with van der Waals surface area (Å²) in [4.78, 5) is 4.44. The summed E-state index contributed by atoms with van der Waals surface area (Å²) >= 11 is 3.25. The van der Waals surface area contributed by atoms with E-state index >= 15 is 0 Å². The van der Waals surface area contributed by atoms with Crippen molar-refractivity contribution in [3.05, 3.63) is 40.3 Å². The highest BCUT2D eigenvalue weighted by molar-refractivity contribution is 7.99. The minimum Gasteiger partial charge on any atom is -0.508 e. The zero-order valence-corrected chi connectivity index (χ0v) is 12.9. The van der Waals surface area contributed by atoms with Crippen LogP contribution in [-0.2, 0) is 6.42 Å². The molecule has 0 aliphatic rings. The topological polar surface area (TPSA) is 76.7 Å². The van der Waals surface area contributed by atoms with Gasteiger partial charge < -0.3 is 5.11 Å². The van der Waals surface area contributed by atoms with E-state index in [9.17, 15) is 5.11 Å². The molecular formula is C13H13N5OS2. The monoisotopic (exact) mass is 319 g/mol. The molecule has 2 heterocycles. The molecule has 3 rings (SSSR count). The number of rotatable bonds is 5. The summed E-state index contributed by atoms with van der Waals surface area (Å²) in [6.45, 7) is 2.01. The minimum atomic E-state index is 0.222. The fraction of sp³-hybridized carbons (Fsp3) is 0.231. The van der Waals surface area contributed by atoms with Crippen molar-refractivity contribution in [1.82, 2.24) is 25.2 Å². The van der Waals surface area contributed by atoms with Gasteiger partial charge in [0.05, 0.1) is 16.4 Å². The average Bonchev–Trinajstić information content (AvgIpc) is 3.09. The third-order valence-electron chi connectivity index (χ3n) is 2.79. The number of tetrazole rings is 1. The van der Waals surface area contributed by atoms with Crippen LogP contribution in [0.15, 0.2) is 34.8 Å². The van der Waals surface area contributed by atoms with E-state index in [0.717, 1.165) is 33.7 Å². The molecule has 0 amide bonds. The Bertz CT molecular complexity index is 722. The molecule has 21 heavy (non-hydrogen) atoms. The first kappa shape index (κ1) is 14.0. The summed E-state index contributed by atoms with van der Waals surface area (Å²) in [5, 5.41) is 25.0. The zero-order valence-electron chi connectivity index (χ0n) is 11.3. The van der Waals surface area contributed by atoms with Gasteiger partial charge in [-0.05, 0) is 41.6 Å². The number of aromatic hydroxyl groups is 1. The Morgan fingerprint density at radius 1 is 1.29 bits per heavy atom. The molecule has 0 atom stereocenters. The van der Waals surface area contributed by atoms with E-state index in [-0.39, 0.29) is 5.75 Å². The highest BCUT2D eigenvalue weighted by Crippen LogP contribution is 2.21. The SMILES string of the molecule is Cc1nc(CCSc2nnnn2-c2ccc(O)cc2)cs1. The van der Waals surface area contributed by atoms with Crippen LogP contribution in [0.25, 0.3) is 5.69 Å². The van der Waals surface area contributed by atoms with Gasteiger partial charge in [0.2, 0.25) is 5.16 Å². The van der Waals surface area contributed by atoms with Gasteiger partial charge in [0.25, 0.3) is 0 Å². The lowest BCUT2D eigenvalue weighted by Crippen LogP contribution is -1.99. The molecule has 6 nitrogen and oxygen atoms in total. The number of phenols is 1. The van der Waals surface area contributed by atoms with Gasteiger partial charge in [-0.1, -0.05) is 11.8 Å². The molecule has 0 bridgehead atoms. The van der Waals surface area contributed by atoms with Crippen LogP contribution < -0.4 is 0 Å². The maximum Gasteiger partial charge on any atom is 0.214 e. The lowest BCUT2D eigenvalue weighted by atomic mass is 10.3. The first-order valence-electron chi connectivity index (χ1n) is 6.34. The van der Waals surface area contributed by atoms with Crippen molar-refractivity contribution < 1.29 is 5.11 Å². The Morgan fingerprint density at radius 3 is 2.81 bits per heavy atom. The van der Waals surface area contributed by atoms with Crippen LogP contribution in [0.1, 0.15) is 10.7 Å². The maximum absolute atomic E-state index is 9.32. The van der Waals surface area contributed by atoms with Crippen LogP contribution >= 0.6 is 23.1 Å². The minimum absolute atomic E-state index is 0.222. The van der Waals surface area contributed by atoms with Crippen LogP contribution in [0, 0.1) is 6.92 Å². The Hall–Kier alpha value is -1.93. The number of aromatic nitrogens is 5. The Kier molecular flexibility index (Phi) is 4.16. The number of hydrogen-bond acceptors (Lipinski definition) is 7. The lowest BCUT2D eigenvalue weighted by molar-refractivity contribution is 0.475. The standard InChI is InChI=1S/C13H13N5OS2/c1-9-14-10(8-21-9)6-7-20-13-15-16-17-18(13)11-2-4-12(19)5-3-11/h2-5,8,19H,6-7H2,1H3. The van der Waals surface area contributed by atoms with Crippen LogP contribution in [0.2, 0.25) is 0 Å². The summed E-state index contributed by atoms with van der Waals surface area (Å²) < 4.78 is 1.66. The van der Waals surface area contributed by atoms with Crippen LogP contribution in [0.4, 0.5) is 0 Å². The van der Waals surface area contributed by atoms with Gasteiger partial charge in [-0.3, -0.25) is 0 Å². The van der Waals surface area contributed by atoms with Gasteiger partial charge in [0.15, 0.2) is 0 Å². The van der Waals surface area contributed by atoms with Crippen molar-refractivity contribution in [2.24, 2.45) is 0 Å². The molecule has 0 saturated heterocycles. The quantitative estimate of drug-likeness (QED) is 0.728. The smallest absolute Gasteiger partial charge is 0.214 e. The first-order valence-corrected chi connectivity index (χ1v) is 8.20. The van der Waals surface area contributed by atoms with Crippen molar-refractivity contribution in [1.29, 1.82) is 0 Å². The fourth-order valence-electron chi connectivity index (χ4n) is 1.79. The third-order valence-corrected chi connectivity index (χ3v) is 4.53. The van der Waals surface area contributed by atoms with Crippen molar-refractivity contribution in [3.8, 4) is 11.4 Å². The molecule has 0 radical (unpaired) electrons. The lowest BCUT2D eigenvalue weighted by Gasteiger charge is -2.03. The second-order valence-electron chi connectivity index (χ2n) is 4.35. The van der Waals surface area contributed by atoms with Gasteiger partial charge in [-0.15, -0.1) is 16.4 Å². The predicted molar refractivity (Wildman–Crippen MR) is 82.1 cm³/mol. The third kappa shape index (κ3) is 3.40. The van der Waals surface area contributed by atoms with E-state index in [2.05, 4.69) is 25.9 Å². The summed E-state index contributed by atoms with van der Waals surface area (Å²) in [7, 11) is 0. The van der Waals surface area contributed by atoms with Gasteiger partial charge >= 0.3 is 0 Å². The van der Waals surface area contributed by atoms with Crippen LogP contribution in [-0.4, -0.2) is 36.1 Å². The molecule has 8 heteroatoms. The molecule has 0 saturated carbocycles. The molecule has 0 unspecified atom stereocenters. The summed E-state index contributed by atoms with van der Waals surface area (Å²) in [6, 6.07) is 6.78. The van der Waals surface area contributed by atoms with Gasteiger partial charge in [-0.2, -0.15) is 4.68 Å². The highest BCUT2D eigenvalue weighted by Gasteiger charge is 2.09. The van der Waals surface area contributed by atoms with Gasteiger partial charge in [0, 0.05) is 17.6 Å². The highest BCUT2D eigenvalue weighted by atomic mass is 32.2. The van der Waals surface area contributed by atoms with E-state index in [0.29, 0.717) is 0 Å². The Labute approximate surface area is 129 Å². The molecule has 1 aromatic carbocycles. The number of benzene rings is 1. The van der Waals surface area contributed by atoms with E-state index < -0.39 is 0 Å². The normalized spacial score (nSPS) is 10.9. The van der Waals surface area contributed by atoms with E-state index in [1.165, 1.54) is 0 Å². The molecule has 3 aromatic rings. The van der Waals surface area contributed by atoms with E-state index in [4.69, 9.17) is 0 Å². The number of nitrogens with zero attached hydrogens (tertiary/aromatic N) is 5. The largest absolute Gasteiger partial charge is 0.508 e. The molecule has 108 valence electrons. The Morgan fingerprint density at radius 2 is 2.10 bits per heavy atom. The number of aryl methyl sites for hydroxylation is 2. The van der Waals surface area contributed by atoms with Crippen molar-refractivity contribution in [3.63, 3.8) is 0 Å². The summed E-state index contributed by atoms with van der Waals surface area (Å²) in [5.41, 5.74) is 1.93. The van der Waals surface area contributed by atoms with Crippen molar-refractivity contribution in [2.45, 2.75) is 18.5 Å². The van der Waals surface area contributed by atoms with Crippen LogP contribution in [0.3, 0.4) is 0 Å². The summed E-state index contributed by atoms with van der Waals surface area (Å²) in [6.07, 6.45) is 0.886. The van der Waals surface area contributed by atoms with Crippen LogP contribution in [0.5, 0.6) is 5.75 Å². The number of hydrogen-bond donors (Lipinski definition) is 1. The number of phenolic OH excluding ortho intramolecular Hbond substituents is 1. The van der Waals surface area contributed by atoms with E-state index in [1.54, 1.807) is 52.0 Å². The average molecular weight is 319 g/mol. The predicted octanol–water partition coefficient (Wildman–Crippen LogP) is 2.47. The second kappa shape index (κ2) is 6.23. The van der Waals surface area contributed by atoms with Gasteiger partial charge in [-0.25, -0.2) is 4.98 Å². The first-order chi connectivity index (χ1) is 10.2. The molecule has 0 spiro atoms. The van der Waals surface area contributed by atoms with E-state index in [1.807, 2.05) is 6.92 Å². The Balaban J connectivity index is 1.66. The van der Waals surface area contributed by atoms with Gasteiger partial charge in [0.1, 0.15) is 5.75 Å². The second-order valence-corrected chi connectivity index (χ2v) is 6.47. The van der Waals surface area contributed by atoms with Crippen molar-refractivity contribution in [2.75, 3.05) is 5.75 Å². The molecule has 0 aliphatic carbocycles. The molecule has 2 aromatic heterocycles. The molecule has 0 fully saturated rings. The summed E-state index contributed by atoms with van der Waals surface area (Å²) in [5.74, 6) is 1.08.